The first-order valence-corrected chi connectivity index (χ1v) is 15.5. The van der Waals surface area contributed by atoms with E-state index in [9.17, 15) is 4.79 Å². The Balaban J connectivity index is 1.93. The molecule has 0 aromatic heterocycles. The second kappa shape index (κ2) is 27.2. The summed E-state index contributed by atoms with van der Waals surface area (Å²) in [5, 5.41) is 2.87. The average molecular weight is 538 g/mol. The van der Waals surface area contributed by atoms with Gasteiger partial charge in [0.2, 0.25) is 0 Å². The summed E-state index contributed by atoms with van der Waals surface area (Å²) in [5.74, 6) is 0.00783. The van der Waals surface area contributed by atoms with E-state index >= 15 is 0 Å². The third kappa shape index (κ3) is 22.6. The molecule has 7 nitrogen and oxygen atoms in total. The molecular formula is C31H59N3O4. The molecule has 0 bridgehead atoms. The molecule has 0 saturated carbocycles. The van der Waals surface area contributed by atoms with Crippen LogP contribution in [0.1, 0.15) is 103 Å². The minimum absolute atomic E-state index is 0.00783. The fourth-order valence-electron chi connectivity index (χ4n) is 4.56. The molecule has 1 saturated heterocycles. The maximum atomic E-state index is 12.0. The number of alkyl carbamates (subject to hydrolysis) is 1. The molecule has 1 heterocycles. The van der Waals surface area contributed by atoms with Gasteiger partial charge in [0.25, 0.3) is 0 Å². The minimum Gasteiger partial charge on any atom is -0.449 e. The molecule has 0 radical (unpaired) electrons. The first kappa shape index (κ1) is 34.6. The number of hydroxylamine groups is 1. The number of rotatable bonds is 24. The molecule has 1 aliphatic heterocycles. The van der Waals surface area contributed by atoms with Crippen LogP contribution in [-0.2, 0) is 14.3 Å². The molecule has 222 valence electrons. The number of methoxy groups -OCH3 is 1. The molecule has 7 heteroatoms. The molecule has 1 aliphatic rings. The highest BCUT2D eigenvalue weighted by Crippen LogP contribution is 2.09. The van der Waals surface area contributed by atoms with Gasteiger partial charge in [-0.2, -0.15) is 0 Å². The van der Waals surface area contributed by atoms with Gasteiger partial charge in [0, 0.05) is 32.7 Å². The number of nitrogens with zero attached hydrogens (tertiary/aromatic N) is 1. The zero-order valence-corrected chi connectivity index (χ0v) is 24.7. The van der Waals surface area contributed by atoms with Crippen LogP contribution in [0.3, 0.4) is 0 Å². The maximum absolute atomic E-state index is 12.0. The fraction of sp³-hybridized carbons (Fsp3) is 0.839. The fourth-order valence-corrected chi connectivity index (χ4v) is 4.56. The maximum Gasteiger partial charge on any atom is 0.407 e. The van der Waals surface area contributed by atoms with E-state index in [2.05, 4.69) is 46.9 Å². The Morgan fingerprint density at radius 2 is 1.50 bits per heavy atom. The first-order chi connectivity index (χ1) is 18.8. The van der Waals surface area contributed by atoms with E-state index in [1.54, 1.807) is 7.11 Å². The lowest BCUT2D eigenvalue weighted by atomic mass is 10.1. The van der Waals surface area contributed by atoms with Gasteiger partial charge in [0.05, 0.1) is 13.2 Å². The van der Waals surface area contributed by atoms with E-state index < -0.39 is 0 Å². The number of nitrogens with one attached hydrogen (secondary N) is 2. The molecular weight excluding hydrogens is 478 g/mol. The van der Waals surface area contributed by atoms with Crippen LogP contribution < -0.4 is 10.8 Å². The van der Waals surface area contributed by atoms with E-state index in [4.69, 9.17) is 14.3 Å². The van der Waals surface area contributed by atoms with Gasteiger partial charge in [0.1, 0.15) is 6.61 Å². The van der Waals surface area contributed by atoms with Crippen LogP contribution in [0.25, 0.3) is 0 Å². The van der Waals surface area contributed by atoms with E-state index in [1.165, 1.54) is 83.5 Å². The van der Waals surface area contributed by atoms with Crippen molar-refractivity contribution in [1.82, 2.24) is 15.7 Å². The predicted molar refractivity (Wildman–Crippen MR) is 158 cm³/mol. The monoisotopic (exact) mass is 537 g/mol. The minimum atomic E-state index is -0.362. The summed E-state index contributed by atoms with van der Waals surface area (Å²) >= 11 is 0. The second-order valence-corrected chi connectivity index (χ2v) is 10.5. The molecule has 1 fully saturated rings. The SMILES string of the molecule is CCCCC/C=C\C/C=C\CCCCCCCNOCC(COC)COC(=O)NCCN1CCCCCC1. The van der Waals surface area contributed by atoms with E-state index in [0.29, 0.717) is 19.8 Å². The van der Waals surface area contributed by atoms with Crippen molar-refractivity contribution in [2.75, 3.05) is 59.7 Å². The number of amides is 1. The quantitative estimate of drug-likeness (QED) is 0.0802. The molecule has 1 rings (SSSR count). The highest BCUT2D eigenvalue weighted by atomic mass is 16.6. The van der Waals surface area contributed by atoms with Crippen molar-refractivity contribution >= 4 is 6.09 Å². The van der Waals surface area contributed by atoms with Crippen molar-refractivity contribution in [3.05, 3.63) is 24.3 Å². The van der Waals surface area contributed by atoms with Crippen LogP contribution in [0.4, 0.5) is 4.79 Å². The van der Waals surface area contributed by atoms with Crippen LogP contribution in [0.5, 0.6) is 0 Å². The number of ether oxygens (including phenoxy) is 2. The van der Waals surface area contributed by atoms with Crippen LogP contribution in [0.15, 0.2) is 24.3 Å². The topological polar surface area (TPSA) is 72.1 Å². The first-order valence-electron chi connectivity index (χ1n) is 15.5. The number of carbonyl (C=O) groups excluding carboxylic acids is 1. The van der Waals surface area contributed by atoms with Gasteiger partial charge in [-0.1, -0.05) is 76.2 Å². The summed E-state index contributed by atoms with van der Waals surface area (Å²) in [7, 11) is 1.66. The number of hydrogen-bond acceptors (Lipinski definition) is 6. The van der Waals surface area contributed by atoms with Gasteiger partial charge in [-0.3, -0.25) is 0 Å². The summed E-state index contributed by atoms with van der Waals surface area (Å²) in [6.45, 7) is 8.09. The number of hydrogen-bond donors (Lipinski definition) is 2. The van der Waals surface area contributed by atoms with Gasteiger partial charge in [-0.05, 0) is 64.5 Å². The van der Waals surface area contributed by atoms with Crippen molar-refractivity contribution in [2.24, 2.45) is 5.92 Å². The molecule has 38 heavy (non-hydrogen) atoms. The van der Waals surface area contributed by atoms with Crippen molar-refractivity contribution in [3.63, 3.8) is 0 Å². The van der Waals surface area contributed by atoms with E-state index in [-0.39, 0.29) is 18.6 Å². The zero-order valence-electron chi connectivity index (χ0n) is 24.7. The Bertz CT molecular complexity index is 577. The van der Waals surface area contributed by atoms with Gasteiger partial charge in [-0.15, -0.1) is 0 Å². The van der Waals surface area contributed by atoms with E-state index in [1.807, 2.05) is 0 Å². The van der Waals surface area contributed by atoms with Crippen molar-refractivity contribution < 1.29 is 19.1 Å². The molecule has 1 atom stereocenters. The summed E-state index contributed by atoms with van der Waals surface area (Å²) in [6, 6.07) is 0. The zero-order chi connectivity index (χ0) is 27.4. The normalized spacial score (nSPS) is 15.7. The van der Waals surface area contributed by atoms with Crippen molar-refractivity contribution in [1.29, 1.82) is 0 Å². The summed E-state index contributed by atoms with van der Waals surface area (Å²) in [4.78, 5) is 20.1. The van der Waals surface area contributed by atoms with Crippen LogP contribution in [0, 0.1) is 5.92 Å². The lowest BCUT2D eigenvalue weighted by Crippen LogP contribution is -2.36. The third-order valence-corrected chi connectivity index (χ3v) is 6.90. The highest BCUT2D eigenvalue weighted by Gasteiger charge is 2.13. The Labute approximate surface area is 234 Å². The third-order valence-electron chi connectivity index (χ3n) is 6.90. The van der Waals surface area contributed by atoms with E-state index in [0.717, 1.165) is 39.0 Å². The smallest absolute Gasteiger partial charge is 0.407 e. The highest BCUT2D eigenvalue weighted by molar-refractivity contribution is 5.67. The van der Waals surface area contributed by atoms with Crippen molar-refractivity contribution in [2.45, 2.75) is 103 Å². The number of unbranched alkanes of at least 4 members (excludes halogenated alkanes) is 8. The molecule has 0 aromatic carbocycles. The molecule has 0 aliphatic carbocycles. The van der Waals surface area contributed by atoms with Crippen LogP contribution in [0.2, 0.25) is 0 Å². The largest absolute Gasteiger partial charge is 0.449 e. The Kier molecular flexibility index (Phi) is 24.7. The summed E-state index contributed by atoms with van der Waals surface area (Å²) < 4.78 is 10.7. The molecule has 0 spiro atoms. The van der Waals surface area contributed by atoms with Crippen molar-refractivity contribution in [3.8, 4) is 0 Å². The molecule has 1 amide bonds. The molecule has 1 unspecified atom stereocenters. The molecule has 0 aromatic rings. The lowest BCUT2D eigenvalue weighted by molar-refractivity contribution is -0.0202. The Hall–Kier alpha value is -1.41. The number of carbonyl (C=O) groups is 1. The van der Waals surface area contributed by atoms with Gasteiger partial charge in [-0.25, -0.2) is 10.3 Å². The Morgan fingerprint density at radius 3 is 2.21 bits per heavy atom. The van der Waals surface area contributed by atoms with Gasteiger partial charge in [0.15, 0.2) is 0 Å². The predicted octanol–water partition coefficient (Wildman–Crippen LogP) is 6.80. The van der Waals surface area contributed by atoms with Gasteiger partial charge >= 0.3 is 6.09 Å². The standard InChI is InChI=1S/C31H59N3O4/c1-3-4-5-6-7-8-9-10-11-12-13-14-15-16-19-22-33-38-29-30(27-36-2)28-37-31(35)32-23-26-34-24-20-17-18-21-25-34/h7-8,10-11,30,33H,3-6,9,12-29H2,1-2H3,(H,32,35)/b8-7-,11-10-. The Morgan fingerprint density at radius 1 is 0.816 bits per heavy atom. The number of likely N-dealkylation sites (tertiary alicyclic amines) is 1. The van der Waals surface area contributed by atoms with Gasteiger partial charge < -0.3 is 24.5 Å². The summed E-state index contributed by atoms with van der Waals surface area (Å²) in [5.41, 5.74) is 3.05. The van der Waals surface area contributed by atoms with Crippen LogP contribution in [-0.4, -0.2) is 70.6 Å². The summed E-state index contributed by atoms with van der Waals surface area (Å²) in [6.07, 6.45) is 27.6. The second-order valence-electron chi connectivity index (χ2n) is 10.5. The lowest BCUT2D eigenvalue weighted by Gasteiger charge is -2.20. The average Bonchev–Trinajstić information content (AvgIpc) is 3.20. The molecule has 2 N–H and O–H groups in total. The number of allylic oxidation sites excluding steroid dienone is 4. The van der Waals surface area contributed by atoms with Crippen LogP contribution >= 0.6 is 0 Å².